The maximum atomic E-state index is 13.7. The molecule has 0 aromatic heterocycles. The number of ether oxygens (including phenoxy) is 2. The van der Waals surface area contributed by atoms with Crippen molar-refractivity contribution in [2.24, 2.45) is 0 Å². The van der Waals surface area contributed by atoms with Gasteiger partial charge in [-0.1, -0.05) is 44.0 Å². The second-order valence-corrected chi connectivity index (χ2v) is 5.62. The van der Waals surface area contributed by atoms with E-state index in [-0.39, 0.29) is 12.4 Å². The van der Waals surface area contributed by atoms with Gasteiger partial charge in [0.15, 0.2) is 11.5 Å². The monoisotopic (exact) mass is 402 g/mol. The number of benzene rings is 2. The van der Waals surface area contributed by atoms with E-state index in [9.17, 15) is 4.39 Å². The zero-order valence-corrected chi connectivity index (χ0v) is 14.0. The number of hydrogen-bond donors (Lipinski definition) is 0. The molecular formula is C15H13Br2FO2. The minimum Gasteiger partial charge on any atom is -0.493 e. The minimum absolute atomic E-state index is 0.156. The van der Waals surface area contributed by atoms with Crippen molar-refractivity contribution in [1.29, 1.82) is 0 Å². The fraction of sp³-hybridized carbons (Fsp3) is 0.200. The molecule has 0 N–H and O–H groups in total. The molecule has 0 atom stereocenters. The molecule has 0 spiro atoms. The van der Waals surface area contributed by atoms with E-state index in [1.54, 1.807) is 19.2 Å². The molecule has 0 saturated carbocycles. The third kappa shape index (κ3) is 3.73. The lowest BCUT2D eigenvalue weighted by atomic mass is 10.2. The van der Waals surface area contributed by atoms with Gasteiger partial charge in [0.1, 0.15) is 12.4 Å². The van der Waals surface area contributed by atoms with E-state index in [0.29, 0.717) is 21.5 Å². The smallest absolute Gasteiger partial charge is 0.161 e. The first-order chi connectivity index (χ1) is 9.63. The Morgan fingerprint density at radius 3 is 2.55 bits per heavy atom. The van der Waals surface area contributed by atoms with Gasteiger partial charge in [-0.25, -0.2) is 4.39 Å². The first-order valence-electron chi connectivity index (χ1n) is 5.93. The highest BCUT2D eigenvalue weighted by molar-refractivity contribution is 9.10. The highest BCUT2D eigenvalue weighted by Gasteiger charge is 2.08. The van der Waals surface area contributed by atoms with Gasteiger partial charge in [0, 0.05) is 15.4 Å². The third-order valence-electron chi connectivity index (χ3n) is 2.78. The number of methoxy groups -OCH3 is 1. The standard InChI is InChI=1S/C15H13Br2FO2/c1-19-15-6-10(8-16)2-5-14(15)20-9-11-3-4-12(17)7-13(11)18/h2-7H,8-9H2,1H3. The highest BCUT2D eigenvalue weighted by Crippen LogP contribution is 2.30. The van der Waals surface area contributed by atoms with E-state index >= 15 is 0 Å². The van der Waals surface area contributed by atoms with Crippen molar-refractivity contribution in [3.63, 3.8) is 0 Å². The van der Waals surface area contributed by atoms with Gasteiger partial charge < -0.3 is 9.47 Å². The molecule has 0 fully saturated rings. The number of halogens is 3. The van der Waals surface area contributed by atoms with Gasteiger partial charge >= 0.3 is 0 Å². The predicted molar refractivity (Wildman–Crippen MR) is 84.1 cm³/mol. The molecule has 2 aromatic rings. The summed E-state index contributed by atoms with van der Waals surface area (Å²) >= 11 is 6.61. The minimum atomic E-state index is -0.296. The average molecular weight is 404 g/mol. The summed E-state index contributed by atoms with van der Waals surface area (Å²) in [6, 6.07) is 10.5. The van der Waals surface area contributed by atoms with Crippen LogP contribution in [-0.2, 0) is 11.9 Å². The molecule has 106 valence electrons. The second kappa shape index (κ2) is 7.09. The summed E-state index contributed by atoms with van der Waals surface area (Å²) in [7, 11) is 1.58. The molecule has 2 nitrogen and oxygen atoms in total. The lowest BCUT2D eigenvalue weighted by Crippen LogP contribution is -2.00. The van der Waals surface area contributed by atoms with Crippen LogP contribution in [0.2, 0.25) is 0 Å². The second-order valence-electron chi connectivity index (χ2n) is 4.14. The number of rotatable bonds is 5. The summed E-state index contributed by atoms with van der Waals surface area (Å²) in [5.41, 5.74) is 1.59. The van der Waals surface area contributed by atoms with Gasteiger partial charge in [0.05, 0.1) is 7.11 Å². The van der Waals surface area contributed by atoms with E-state index in [0.717, 1.165) is 10.9 Å². The molecule has 2 aromatic carbocycles. The van der Waals surface area contributed by atoms with Crippen LogP contribution in [0, 0.1) is 5.82 Å². The van der Waals surface area contributed by atoms with Crippen molar-refractivity contribution >= 4 is 31.9 Å². The number of alkyl halides is 1. The number of hydrogen-bond acceptors (Lipinski definition) is 2. The third-order valence-corrected chi connectivity index (χ3v) is 3.92. The van der Waals surface area contributed by atoms with Crippen LogP contribution in [0.3, 0.4) is 0 Å². The van der Waals surface area contributed by atoms with E-state index in [1.165, 1.54) is 6.07 Å². The van der Waals surface area contributed by atoms with Crippen LogP contribution in [0.15, 0.2) is 40.9 Å². The summed E-state index contributed by atoms with van der Waals surface area (Å²) in [5.74, 6) is 0.939. The first-order valence-corrected chi connectivity index (χ1v) is 7.85. The molecule has 2 rings (SSSR count). The SMILES string of the molecule is COc1cc(CBr)ccc1OCc1ccc(Br)cc1F. The normalized spacial score (nSPS) is 10.4. The summed E-state index contributed by atoms with van der Waals surface area (Å²) in [6.07, 6.45) is 0. The van der Waals surface area contributed by atoms with Crippen LogP contribution in [0.25, 0.3) is 0 Å². The molecule has 5 heteroatoms. The Morgan fingerprint density at radius 1 is 1.10 bits per heavy atom. The van der Waals surface area contributed by atoms with Gasteiger partial charge in [-0.2, -0.15) is 0 Å². The summed E-state index contributed by atoms with van der Waals surface area (Å²) < 4.78 is 25.3. The lowest BCUT2D eigenvalue weighted by Gasteiger charge is -2.12. The molecule has 0 aliphatic rings. The maximum absolute atomic E-state index is 13.7. The van der Waals surface area contributed by atoms with Crippen LogP contribution in [0.1, 0.15) is 11.1 Å². The summed E-state index contributed by atoms with van der Waals surface area (Å²) in [5, 5.41) is 0.741. The van der Waals surface area contributed by atoms with Crippen LogP contribution >= 0.6 is 31.9 Å². The summed E-state index contributed by atoms with van der Waals surface area (Å²) in [4.78, 5) is 0. The van der Waals surface area contributed by atoms with Crippen molar-refractivity contribution in [3.8, 4) is 11.5 Å². The molecular weight excluding hydrogens is 391 g/mol. The fourth-order valence-corrected chi connectivity index (χ4v) is 2.39. The van der Waals surface area contributed by atoms with E-state index < -0.39 is 0 Å². The highest BCUT2D eigenvalue weighted by atomic mass is 79.9. The zero-order chi connectivity index (χ0) is 14.5. The Bertz CT molecular complexity index is 602. The van der Waals surface area contributed by atoms with Gasteiger partial charge in [-0.15, -0.1) is 0 Å². The van der Waals surface area contributed by atoms with Crippen molar-refractivity contribution in [2.45, 2.75) is 11.9 Å². The molecule has 0 aliphatic carbocycles. The molecule has 0 amide bonds. The largest absolute Gasteiger partial charge is 0.493 e. The Morgan fingerprint density at radius 2 is 1.90 bits per heavy atom. The van der Waals surface area contributed by atoms with Gasteiger partial charge in [-0.05, 0) is 29.8 Å². The van der Waals surface area contributed by atoms with E-state index in [4.69, 9.17) is 9.47 Å². The molecule has 0 saturated heterocycles. The first kappa shape index (κ1) is 15.3. The molecule has 20 heavy (non-hydrogen) atoms. The van der Waals surface area contributed by atoms with Crippen molar-refractivity contribution in [3.05, 3.63) is 57.8 Å². The van der Waals surface area contributed by atoms with Gasteiger partial charge in [0.2, 0.25) is 0 Å². The van der Waals surface area contributed by atoms with Crippen molar-refractivity contribution < 1.29 is 13.9 Å². The van der Waals surface area contributed by atoms with Crippen LogP contribution < -0.4 is 9.47 Å². The Kier molecular flexibility index (Phi) is 5.43. The van der Waals surface area contributed by atoms with E-state index in [2.05, 4.69) is 31.9 Å². The quantitative estimate of drug-likeness (QED) is 0.648. The van der Waals surface area contributed by atoms with Crippen molar-refractivity contribution in [2.75, 3.05) is 7.11 Å². The maximum Gasteiger partial charge on any atom is 0.161 e. The zero-order valence-electron chi connectivity index (χ0n) is 10.8. The van der Waals surface area contributed by atoms with Crippen molar-refractivity contribution in [1.82, 2.24) is 0 Å². The van der Waals surface area contributed by atoms with Crippen LogP contribution in [-0.4, -0.2) is 7.11 Å². The topological polar surface area (TPSA) is 18.5 Å². The molecule has 0 radical (unpaired) electrons. The summed E-state index contributed by atoms with van der Waals surface area (Å²) in [6.45, 7) is 0.156. The average Bonchev–Trinajstić information content (AvgIpc) is 2.46. The Labute approximate surface area is 134 Å². The van der Waals surface area contributed by atoms with Gasteiger partial charge in [0.25, 0.3) is 0 Å². The molecule has 0 aliphatic heterocycles. The molecule has 0 bridgehead atoms. The molecule has 0 heterocycles. The van der Waals surface area contributed by atoms with E-state index in [1.807, 2.05) is 18.2 Å². The fourth-order valence-electron chi connectivity index (χ4n) is 1.71. The lowest BCUT2D eigenvalue weighted by molar-refractivity contribution is 0.279. The van der Waals surface area contributed by atoms with Crippen LogP contribution in [0.5, 0.6) is 11.5 Å². The van der Waals surface area contributed by atoms with Gasteiger partial charge in [-0.3, -0.25) is 0 Å². The predicted octanol–water partition coefficient (Wildman–Crippen LogP) is 5.07. The van der Waals surface area contributed by atoms with Crippen LogP contribution in [0.4, 0.5) is 4.39 Å². The Hall–Kier alpha value is -1.07. The Balaban J connectivity index is 2.14. The molecule has 0 unspecified atom stereocenters.